The van der Waals surface area contributed by atoms with Crippen molar-refractivity contribution < 1.29 is 13.2 Å². The zero-order valence-electron chi connectivity index (χ0n) is 15.9. The second-order valence-corrected chi connectivity index (χ2v) is 9.36. The van der Waals surface area contributed by atoms with Crippen molar-refractivity contribution in [1.29, 1.82) is 5.26 Å². The Balaban J connectivity index is 1.93. The normalized spacial score (nSPS) is 16.7. The highest BCUT2D eigenvalue weighted by atomic mass is 32.2. The second-order valence-electron chi connectivity index (χ2n) is 7.39. The predicted octanol–water partition coefficient (Wildman–Crippen LogP) is 3.23. The minimum absolute atomic E-state index is 0.00724. The maximum absolute atomic E-state index is 13.4. The van der Waals surface area contributed by atoms with Gasteiger partial charge < -0.3 is 5.32 Å². The largest absolute Gasteiger partial charge is 0.303 e. The molecule has 6 heteroatoms. The number of carbonyl (C=O) groups is 1. The lowest BCUT2D eigenvalue weighted by molar-refractivity contribution is -0.125. The van der Waals surface area contributed by atoms with Gasteiger partial charge in [0, 0.05) is 6.54 Å². The number of allylic oxidation sites excluding steroid dienone is 1. The van der Waals surface area contributed by atoms with Gasteiger partial charge in [-0.05, 0) is 49.1 Å². The molecule has 0 saturated carbocycles. The Hall–Kier alpha value is -2.75. The average Bonchev–Trinajstić information content (AvgIpc) is 2.72. The van der Waals surface area contributed by atoms with Gasteiger partial charge >= 0.3 is 0 Å². The molecule has 2 aromatic carbocycles. The molecule has 28 heavy (non-hydrogen) atoms. The summed E-state index contributed by atoms with van der Waals surface area (Å²) in [6.07, 6.45) is 0.885. The van der Waals surface area contributed by atoms with Gasteiger partial charge in [-0.25, -0.2) is 8.42 Å². The smallest absolute Gasteiger partial charge is 0.216 e. The van der Waals surface area contributed by atoms with E-state index in [-0.39, 0.29) is 10.7 Å². The fourth-order valence-electron chi connectivity index (χ4n) is 3.49. The van der Waals surface area contributed by atoms with Crippen LogP contribution in [0.15, 0.2) is 64.9 Å². The Bertz CT molecular complexity index is 1080. The quantitative estimate of drug-likeness (QED) is 0.787. The summed E-state index contributed by atoms with van der Waals surface area (Å²) in [7, 11) is -3.88. The topological polar surface area (TPSA) is 87.0 Å². The Morgan fingerprint density at radius 2 is 1.82 bits per heavy atom. The van der Waals surface area contributed by atoms with Gasteiger partial charge in [0.25, 0.3) is 0 Å². The van der Waals surface area contributed by atoms with Crippen molar-refractivity contribution in [3.63, 3.8) is 0 Å². The fourth-order valence-corrected chi connectivity index (χ4v) is 4.39. The molecule has 1 aliphatic rings. The molecule has 0 radical (unpaired) electrons. The first-order valence-corrected chi connectivity index (χ1v) is 10.5. The van der Waals surface area contributed by atoms with Gasteiger partial charge in [-0.2, -0.15) is 5.26 Å². The van der Waals surface area contributed by atoms with Crippen molar-refractivity contribution in [2.45, 2.75) is 36.6 Å². The van der Waals surface area contributed by atoms with Crippen molar-refractivity contribution in [1.82, 2.24) is 5.32 Å². The number of ketones is 1. The van der Waals surface area contributed by atoms with Crippen LogP contribution in [0.5, 0.6) is 0 Å². The SMILES string of the molecule is C=C(C#N)S(=O)(=O)c1ccc(C(C)(C)C(=O)C2NCCc3ccccc32)cc1. The number of hydrogen-bond acceptors (Lipinski definition) is 5. The molecule has 5 nitrogen and oxygen atoms in total. The Kier molecular flexibility index (Phi) is 5.24. The van der Waals surface area contributed by atoms with Gasteiger partial charge in [-0.3, -0.25) is 4.79 Å². The average molecular weight is 394 g/mol. The van der Waals surface area contributed by atoms with Gasteiger partial charge in [0.1, 0.15) is 11.0 Å². The third-order valence-corrected chi connectivity index (χ3v) is 6.96. The first-order chi connectivity index (χ1) is 13.2. The molecule has 3 rings (SSSR count). The van der Waals surface area contributed by atoms with E-state index in [0.717, 1.165) is 18.5 Å². The minimum atomic E-state index is -3.88. The number of Topliss-reactive ketones (excluding diaryl/α,β-unsaturated/α-hetero) is 1. The van der Waals surface area contributed by atoms with E-state index in [0.29, 0.717) is 5.56 Å². The van der Waals surface area contributed by atoms with Gasteiger partial charge in [0.15, 0.2) is 5.78 Å². The summed E-state index contributed by atoms with van der Waals surface area (Å²) in [5, 5.41) is 12.1. The second kappa shape index (κ2) is 7.34. The fraction of sp³-hybridized carbons (Fsp3) is 0.273. The maximum atomic E-state index is 13.4. The molecule has 1 N–H and O–H groups in total. The van der Waals surface area contributed by atoms with E-state index < -0.39 is 26.2 Å². The summed E-state index contributed by atoms with van der Waals surface area (Å²) in [5.74, 6) is 0.0247. The standard InChI is InChI=1S/C22H22N2O3S/c1-15(14-23)28(26,27)18-10-8-17(9-11-18)22(2,3)21(25)20-19-7-5-4-6-16(19)12-13-24-20/h4-11,20,24H,1,12-13H2,2-3H3. The van der Waals surface area contributed by atoms with Crippen LogP contribution in [0.25, 0.3) is 0 Å². The van der Waals surface area contributed by atoms with Crippen LogP contribution >= 0.6 is 0 Å². The van der Waals surface area contributed by atoms with Crippen LogP contribution in [-0.4, -0.2) is 20.7 Å². The molecular formula is C22H22N2O3S. The molecule has 0 aromatic heterocycles. The molecule has 0 bridgehead atoms. The zero-order chi connectivity index (χ0) is 20.5. The molecular weight excluding hydrogens is 372 g/mol. The lowest BCUT2D eigenvalue weighted by Crippen LogP contribution is -2.43. The highest BCUT2D eigenvalue weighted by molar-refractivity contribution is 7.95. The van der Waals surface area contributed by atoms with E-state index in [1.165, 1.54) is 17.7 Å². The van der Waals surface area contributed by atoms with Crippen molar-refractivity contribution in [3.8, 4) is 6.07 Å². The van der Waals surface area contributed by atoms with Crippen molar-refractivity contribution in [2.24, 2.45) is 0 Å². The lowest BCUT2D eigenvalue weighted by Gasteiger charge is -2.33. The highest BCUT2D eigenvalue weighted by Gasteiger charge is 2.37. The van der Waals surface area contributed by atoms with Gasteiger partial charge in [0.05, 0.1) is 16.4 Å². The number of nitriles is 1. The molecule has 0 amide bonds. The molecule has 2 aromatic rings. The van der Waals surface area contributed by atoms with Crippen molar-refractivity contribution in [2.75, 3.05) is 6.54 Å². The van der Waals surface area contributed by atoms with Gasteiger partial charge in [-0.15, -0.1) is 0 Å². The van der Waals surface area contributed by atoms with E-state index in [1.807, 2.05) is 38.1 Å². The first-order valence-electron chi connectivity index (χ1n) is 8.99. The number of fused-ring (bicyclic) bond motifs is 1. The lowest BCUT2D eigenvalue weighted by atomic mass is 9.75. The Morgan fingerprint density at radius 3 is 2.46 bits per heavy atom. The van der Waals surface area contributed by atoms with Crippen molar-refractivity contribution in [3.05, 3.63) is 76.7 Å². The molecule has 0 spiro atoms. The minimum Gasteiger partial charge on any atom is -0.303 e. The van der Waals surface area contributed by atoms with Crippen molar-refractivity contribution >= 4 is 15.6 Å². The monoisotopic (exact) mass is 394 g/mol. The number of nitrogens with one attached hydrogen (secondary N) is 1. The number of benzene rings is 2. The van der Waals surface area contributed by atoms with E-state index in [1.54, 1.807) is 18.2 Å². The number of nitrogens with zero attached hydrogens (tertiary/aromatic N) is 1. The third kappa shape index (κ3) is 3.39. The maximum Gasteiger partial charge on any atom is 0.216 e. The van der Waals surface area contributed by atoms with Crippen LogP contribution in [0.3, 0.4) is 0 Å². The molecule has 0 saturated heterocycles. The summed E-state index contributed by atoms with van der Waals surface area (Å²) in [4.78, 5) is 12.9. The Labute approximate surface area is 165 Å². The summed E-state index contributed by atoms with van der Waals surface area (Å²) < 4.78 is 24.5. The van der Waals surface area contributed by atoms with E-state index in [9.17, 15) is 13.2 Å². The van der Waals surface area contributed by atoms with Crippen LogP contribution in [0.2, 0.25) is 0 Å². The summed E-state index contributed by atoms with van der Waals surface area (Å²) in [5.41, 5.74) is 2.06. The number of sulfone groups is 1. The van der Waals surface area contributed by atoms with Crippen LogP contribution < -0.4 is 5.32 Å². The van der Waals surface area contributed by atoms with Crippen LogP contribution in [-0.2, 0) is 26.5 Å². The first kappa shape index (κ1) is 20.0. The Morgan fingerprint density at radius 1 is 1.18 bits per heavy atom. The molecule has 1 atom stereocenters. The predicted molar refractivity (Wildman–Crippen MR) is 107 cm³/mol. The van der Waals surface area contributed by atoms with Crippen LogP contribution in [0.1, 0.15) is 36.6 Å². The van der Waals surface area contributed by atoms with E-state index in [2.05, 4.69) is 11.9 Å². The molecule has 0 fully saturated rings. The number of rotatable bonds is 5. The molecule has 1 aliphatic heterocycles. The van der Waals surface area contributed by atoms with Crippen LogP contribution in [0, 0.1) is 11.3 Å². The molecule has 0 aliphatic carbocycles. The summed E-state index contributed by atoms with van der Waals surface area (Å²) in [6, 6.07) is 15.2. The van der Waals surface area contributed by atoms with E-state index in [4.69, 9.17) is 5.26 Å². The highest BCUT2D eigenvalue weighted by Crippen LogP contribution is 2.34. The molecule has 1 heterocycles. The van der Waals surface area contributed by atoms with Gasteiger partial charge in [-0.1, -0.05) is 43.0 Å². The summed E-state index contributed by atoms with van der Waals surface area (Å²) in [6.45, 7) is 7.70. The molecule has 144 valence electrons. The third-order valence-electron chi connectivity index (χ3n) is 5.32. The summed E-state index contributed by atoms with van der Waals surface area (Å²) >= 11 is 0. The zero-order valence-corrected chi connectivity index (χ0v) is 16.7. The van der Waals surface area contributed by atoms with Crippen LogP contribution in [0.4, 0.5) is 0 Å². The van der Waals surface area contributed by atoms with Gasteiger partial charge in [0.2, 0.25) is 9.84 Å². The molecule has 1 unspecified atom stereocenters. The number of carbonyl (C=O) groups excluding carboxylic acids is 1. The number of hydrogen-bond donors (Lipinski definition) is 1. The van der Waals surface area contributed by atoms with E-state index >= 15 is 0 Å².